The van der Waals surface area contributed by atoms with E-state index in [1.807, 2.05) is 45.0 Å². The van der Waals surface area contributed by atoms with Crippen LogP contribution in [0, 0.1) is 0 Å². The monoisotopic (exact) mass is 379 g/mol. The molecule has 0 unspecified atom stereocenters. The first kappa shape index (κ1) is 19.6. The zero-order valence-electron chi connectivity index (χ0n) is 16.4. The number of nitrogens with zero attached hydrogens (tertiary/aromatic N) is 3. The van der Waals surface area contributed by atoms with Crippen LogP contribution in [0.4, 0.5) is 17.5 Å². The summed E-state index contributed by atoms with van der Waals surface area (Å²) in [5, 5.41) is 17.0. The van der Waals surface area contributed by atoms with Gasteiger partial charge >= 0.3 is 0 Å². The molecule has 7 heteroatoms. The summed E-state index contributed by atoms with van der Waals surface area (Å²) in [6.07, 6.45) is 5.13. The van der Waals surface area contributed by atoms with E-state index in [-0.39, 0.29) is 24.2 Å². The molecule has 0 fully saturated rings. The molecular weight excluding hydrogens is 354 g/mol. The van der Waals surface area contributed by atoms with Gasteiger partial charge in [0, 0.05) is 24.5 Å². The summed E-state index contributed by atoms with van der Waals surface area (Å²) >= 11 is 0. The second kappa shape index (κ2) is 7.82. The van der Waals surface area contributed by atoms with E-state index >= 15 is 0 Å². The molecule has 28 heavy (non-hydrogen) atoms. The molecule has 0 radical (unpaired) electrons. The molecule has 146 valence electrons. The van der Waals surface area contributed by atoms with Crippen molar-refractivity contribution in [1.82, 2.24) is 14.5 Å². The van der Waals surface area contributed by atoms with Gasteiger partial charge in [0.1, 0.15) is 17.5 Å². The first-order valence-corrected chi connectivity index (χ1v) is 9.09. The summed E-state index contributed by atoms with van der Waals surface area (Å²) in [7, 11) is 0. The Morgan fingerprint density at radius 2 is 2.04 bits per heavy atom. The second-order valence-electron chi connectivity index (χ2n) is 7.54. The van der Waals surface area contributed by atoms with Crippen molar-refractivity contribution >= 4 is 34.3 Å². The third-order valence-electron chi connectivity index (χ3n) is 4.07. The number of fused-ring (bicyclic) bond motifs is 1. The van der Waals surface area contributed by atoms with Gasteiger partial charge < -0.3 is 20.3 Å². The van der Waals surface area contributed by atoms with Crippen molar-refractivity contribution < 1.29 is 5.11 Å². The highest BCUT2D eigenvalue weighted by Gasteiger charge is 2.17. The van der Waals surface area contributed by atoms with Gasteiger partial charge in [-0.05, 0) is 56.0 Å². The van der Waals surface area contributed by atoms with Crippen LogP contribution in [0.25, 0.3) is 16.8 Å². The number of hydrogen-bond acceptors (Lipinski definition) is 6. The number of rotatable bonds is 6. The smallest absolute Gasteiger partial charge is 0.262 e. The van der Waals surface area contributed by atoms with Crippen LogP contribution >= 0.6 is 0 Å². The molecule has 0 bridgehead atoms. The fraction of sp³-hybridized carbons (Fsp3) is 0.286. The largest absolute Gasteiger partial charge is 0.395 e. The summed E-state index contributed by atoms with van der Waals surface area (Å²) < 4.78 is 1.49. The van der Waals surface area contributed by atoms with Crippen molar-refractivity contribution in [2.24, 2.45) is 0 Å². The van der Waals surface area contributed by atoms with Gasteiger partial charge in [-0.25, -0.2) is 9.97 Å². The summed E-state index contributed by atoms with van der Waals surface area (Å²) in [5.74, 6) is 1.71. The van der Waals surface area contributed by atoms with Crippen molar-refractivity contribution in [2.45, 2.75) is 32.9 Å². The second-order valence-corrected chi connectivity index (χ2v) is 7.54. The summed E-state index contributed by atoms with van der Waals surface area (Å²) in [5.41, 5.74) is 0.464. The lowest BCUT2D eigenvalue weighted by molar-refractivity contribution is 0.274. The predicted molar refractivity (Wildman–Crippen MR) is 114 cm³/mol. The zero-order valence-corrected chi connectivity index (χ0v) is 16.4. The van der Waals surface area contributed by atoms with Crippen molar-refractivity contribution in [1.29, 1.82) is 0 Å². The standard InChI is InChI=1S/C21H25N5O2/c1-5-14-6-8-22-16(12-14)23-17-13-15-7-9-26(10-11-27)20(28)18(15)19(24-17)25-21(2,3)4/h5-9,12-13,27H,1,10-11H2,2-4H3,(H2,22,23,24,25). The fourth-order valence-electron chi connectivity index (χ4n) is 2.87. The Kier molecular flexibility index (Phi) is 5.46. The molecule has 7 nitrogen and oxygen atoms in total. The molecule has 3 N–H and O–H groups in total. The number of anilines is 3. The minimum Gasteiger partial charge on any atom is -0.395 e. The van der Waals surface area contributed by atoms with E-state index in [1.54, 1.807) is 18.5 Å². The Morgan fingerprint density at radius 3 is 2.71 bits per heavy atom. The predicted octanol–water partition coefficient (Wildman–Crippen LogP) is 3.38. The number of aliphatic hydroxyl groups excluding tert-OH is 1. The van der Waals surface area contributed by atoms with Crippen LogP contribution in [0.3, 0.4) is 0 Å². The molecule has 0 aliphatic rings. The third kappa shape index (κ3) is 4.37. The Morgan fingerprint density at radius 1 is 1.25 bits per heavy atom. The van der Waals surface area contributed by atoms with Crippen molar-refractivity contribution in [3.8, 4) is 0 Å². The molecule has 0 aromatic carbocycles. The van der Waals surface area contributed by atoms with Crippen molar-refractivity contribution in [3.05, 3.63) is 59.2 Å². The van der Waals surface area contributed by atoms with E-state index in [1.165, 1.54) is 4.57 Å². The summed E-state index contributed by atoms with van der Waals surface area (Å²) in [6.45, 7) is 9.92. The van der Waals surface area contributed by atoms with E-state index in [0.29, 0.717) is 22.8 Å². The van der Waals surface area contributed by atoms with Gasteiger partial charge in [0.05, 0.1) is 12.0 Å². The van der Waals surface area contributed by atoms with Gasteiger partial charge in [-0.1, -0.05) is 12.7 Å². The van der Waals surface area contributed by atoms with E-state index < -0.39 is 0 Å². The SMILES string of the molecule is C=Cc1ccnc(Nc2cc3ccn(CCO)c(=O)c3c(NC(C)(C)C)n2)c1. The Labute approximate surface area is 163 Å². The Bertz CT molecular complexity index is 1070. The number of pyridine rings is 3. The lowest BCUT2D eigenvalue weighted by atomic mass is 10.1. The van der Waals surface area contributed by atoms with Crippen LogP contribution in [-0.4, -0.2) is 31.8 Å². The fourth-order valence-corrected chi connectivity index (χ4v) is 2.87. The number of nitrogens with one attached hydrogen (secondary N) is 2. The molecule has 0 atom stereocenters. The Hall–Kier alpha value is -3.19. The van der Waals surface area contributed by atoms with Crippen LogP contribution in [0.2, 0.25) is 0 Å². The number of aromatic nitrogens is 3. The highest BCUT2D eigenvalue weighted by Crippen LogP contribution is 2.26. The number of hydrogen-bond donors (Lipinski definition) is 3. The van der Waals surface area contributed by atoms with Crippen molar-refractivity contribution in [2.75, 3.05) is 17.2 Å². The van der Waals surface area contributed by atoms with Crippen molar-refractivity contribution in [3.63, 3.8) is 0 Å². The maximum atomic E-state index is 12.9. The highest BCUT2D eigenvalue weighted by atomic mass is 16.3. The summed E-state index contributed by atoms with van der Waals surface area (Å²) in [4.78, 5) is 21.9. The molecule has 0 aliphatic carbocycles. The van der Waals surface area contributed by atoms with Gasteiger partial charge in [0.15, 0.2) is 0 Å². The molecule has 3 aromatic rings. The molecular formula is C21H25N5O2. The molecule has 3 rings (SSSR count). The quantitative estimate of drug-likeness (QED) is 0.608. The minimum atomic E-state index is -0.288. The van der Waals surface area contributed by atoms with Gasteiger partial charge in [0.25, 0.3) is 5.56 Å². The van der Waals surface area contributed by atoms with E-state index in [2.05, 4.69) is 27.2 Å². The van der Waals surface area contributed by atoms with Crippen LogP contribution in [0.1, 0.15) is 26.3 Å². The van der Waals surface area contributed by atoms with Crippen LogP contribution in [0.15, 0.2) is 48.0 Å². The Balaban J connectivity index is 2.13. The lowest BCUT2D eigenvalue weighted by Gasteiger charge is -2.23. The third-order valence-corrected chi connectivity index (χ3v) is 4.07. The van der Waals surface area contributed by atoms with Gasteiger partial charge in [-0.2, -0.15) is 0 Å². The van der Waals surface area contributed by atoms with E-state index in [4.69, 9.17) is 0 Å². The van der Waals surface area contributed by atoms with E-state index in [9.17, 15) is 9.90 Å². The van der Waals surface area contributed by atoms with Gasteiger partial charge in [-0.15, -0.1) is 0 Å². The molecule has 3 heterocycles. The maximum Gasteiger partial charge on any atom is 0.262 e. The zero-order chi connectivity index (χ0) is 20.3. The first-order valence-electron chi connectivity index (χ1n) is 9.09. The molecule has 0 saturated heterocycles. The van der Waals surface area contributed by atoms with Gasteiger partial charge in [-0.3, -0.25) is 4.79 Å². The molecule has 3 aromatic heterocycles. The molecule has 0 saturated carbocycles. The first-order chi connectivity index (χ1) is 13.3. The lowest BCUT2D eigenvalue weighted by Crippen LogP contribution is -2.29. The van der Waals surface area contributed by atoms with E-state index in [0.717, 1.165) is 10.9 Å². The number of aliphatic hydroxyl groups is 1. The van der Waals surface area contributed by atoms with Crippen LogP contribution in [-0.2, 0) is 6.54 Å². The van der Waals surface area contributed by atoms with Crippen LogP contribution in [0.5, 0.6) is 0 Å². The van der Waals surface area contributed by atoms with Crippen LogP contribution < -0.4 is 16.2 Å². The molecule has 0 spiro atoms. The normalized spacial score (nSPS) is 11.4. The topological polar surface area (TPSA) is 92.1 Å². The minimum absolute atomic E-state index is 0.105. The average Bonchev–Trinajstić information content (AvgIpc) is 2.63. The maximum absolute atomic E-state index is 12.9. The highest BCUT2D eigenvalue weighted by molar-refractivity contribution is 5.93. The average molecular weight is 379 g/mol. The molecule has 0 aliphatic heterocycles. The summed E-state index contributed by atoms with van der Waals surface area (Å²) in [6, 6.07) is 7.40. The van der Waals surface area contributed by atoms with Gasteiger partial charge in [0.2, 0.25) is 0 Å². The molecule has 0 amide bonds.